The maximum absolute atomic E-state index is 10.1. The number of pyridine rings is 2. The van der Waals surface area contributed by atoms with Gasteiger partial charge in [0, 0.05) is 17.2 Å². The van der Waals surface area contributed by atoms with Crippen LogP contribution in [0.5, 0.6) is 5.75 Å². The van der Waals surface area contributed by atoms with Crippen LogP contribution in [0.4, 0.5) is 0 Å². The van der Waals surface area contributed by atoms with Gasteiger partial charge in [-0.1, -0.05) is 44.2 Å². The van der Waals surface area contributed by atoms with Crippen molar-refractivity contribution >= 4 is 0 Å². The molecule has 3 aromatic heterocycles. The lowest BCUT2D eigenvalue weighted by molar-refractivity contribution is 0.0729. The van der Waals surface area contributed by atoms with Gasteiger partial charge in [0.15, 0.2) is 0 Å². The lowest BCUT2D eigenvalue weighted by atomic mass is 9.70. The summed E-state index contributed by atoms with van der Waals surface area (Å²) < 4.78 is 5.87. The molecule has 3 heterocycles. The minimum absolute atomic E-state index is 0.283. The summed E-state index contributed by atoms with van der Waals surface area (Å²) >= 11 is 0. The van der Waals surface area contributed by atoms with Gasteiger partial charge in [0.25, 0.3) is 0 Å². The molecule has 1 N–H and O–H groups in total. The van der Waals surface area contributed by atoms with E-state index in [1.807, 2.05) is 42.5 Å². The maximum Gasteiger partial charge on any atom is 0.138 e. The van der Waals surface area contributed by atoms with Gasteiger partial charge in [-0.3, -0.25) is 9.97 Å². The van der Waals surface area contributed by atoms with Crippen LogP contribution in [0.25, 0.3) is 11.3 Å². The van der Waals surface area contributed by atoms with E-state index >= 15 is 0 Å². The van der Waals surface area contributed by atoms with E-state index in [0.29, 0.717) is 24.0 Å². The molecule has 0 aliphatic rings. The number of hydrogen-bond donors (Lipinski definition) is 1. The first kappa shape index (κ1) is 24.5. The molecule has 180 valence electrons. The Bertz CT molecular complexity index is 1230. The third-order valence-corrected chi connectivity index (χ3v) is 6.61. The van der Waals surface area contributed by atoms with Crippen LogP contribution < -0.4 is 4.74 Å². The van der Waals surface area contributed by atoms with Gasteiger partial charge in [-0.15, -0.1) is 0 Å². The number of aromatic nitrogens is 4. The van der Waals surface area contributed by atoms with E-state index in [0.717, 1.165) is 22.6 Å². The molecule has 0 amide bonds. The average Bonchev–Trinajstić information content (AvgIpc) is 2.87. The minimum Gasteiger partial charge on any atom is -0.486 e. The van der Waals surface area contributed by atoms with Crippen LogP contribution in [-0.2, 0) is 17.6 Å². The molecule has 0 fully saturated rings. The van der Waals surface area contributed by atoms with Gasteiger partial charge in [0.05, 0.1) is 29.0 Å². The molecule has 4 aromatic rings. The maximum atomic E-state index is 10.1. The van der Waals surface area contributed by atoms with E-state index in [1.165, 1.54) is 5.56 Å². The number of rotatable bonds is 8. The van der Waals surface area contributed by atoms with Gasteiger partial charge < -0.3 is 9.84 Å². The molecule has 0 bridgehead atoms. The lowest BCUT2D eigenvalue weighted by Gasteiger charge is -2.34. The van der Waals surface area contributed by atoms with E-state index in [1.54, 1.807) is 26.2 Å². The van der Waals surface area contributed by atoms with Crippen LogP contribution >= 0.6 is 0 Å². The Morgan fingerprint density at radius 3 is 2.11 bits per heavy atom. The van der Waals surface area contributed by atoms with Crippen molar-refractivity contribution in [1.82, 2.24) is 20.2 Å². The molecular formula is C29H32N4O2. The van der Waals surface area contributed by atoms with Crippen molar-refractivity contribution in [1.29, 1.82) is 0 Å². The van der Waals surface area contributed by atoms with Crippen molar-refractivity contribution in [3.05, 3.63) is 102 Å². The summed E-state index contributed by atoms with van der Waals surface area (Å²) in [6.45, 7) is 10.5. The van der Waals surface area contributed by atoms with Crippen molar-refractivity contribution in [2.45, 2.75) is 52.2 Å². The van der Waals surface area contributed by atoms with Gasteiger partial charge in [0.1, 0.15) is 18.0 Å². The van der Waals surface area contributed by atoms with Gasteiger partial charge in [-0.25, -0.2) is 0 Å². The number of ether oxygens (including phenoxy) is 1. The highest BCUT2D eigenvalue weighted by Crippen LogP contribution is 2.39. The number of nitrogens with zero attached hydrogens (tertiary/aromatic N) is 4. The Morgan fingerprint density at radius 1 is 0.829 bits per heavy atom. The lowest BCUT2D eigenvalue weighted by Crippen LogP contribution is -2.31. The topological polar surface area (TPSA) is 81.0 Å². The quantitative estimate of drug-likeness (QED) is 0.357. The molecule has 4 rings (SSSR count). The Morgan fingerprint density at radius 2 is 1.57 bits per heavy atom. The Balaban J connectivity index is 1.54. The second-order valence-corrected chi connectivity index (χ2v) is 9.79. The summed E-state index contributed by atoms with van der Waals surface area (Å²) in [5.74, 6) is 1.03. The fraction of sp³-hybridized carbons (Fsp3) is 0.310. The zero-order valence-electron chi connectivity index (χ0n) is 20.9. The molecule has 6 heteroatoms. The molecule has 0 radical (unpaired) electrons. The Hall–Kier alpha value is -3.64. The Kier molecular flexibility index (Phi) is 6.94. The van der Waals surface area contributed by atoms with Crippen molar-refractivity contribution in [3.63, 3.8) is 0 Å². The average molecular weight is 469 g/mol. The summed E-state index contributed by atoms with van der Waals surface area (Å²) in [7, 11) is 0. The highest BCUT2D eigenvalue weighted by Gasteiger charge is 2.34. The monoisotopic (exact) mass is 468 g/mol. The smallest absolute Gasteiger partial charge is 0.138 e. The first-order valence-electron chi connectivity index (χ1n) is 11.8. The van der Waals surface area contributed by atoms with Gasteiger partial charge in [-0.05, 0) is 68.7 Å². The van der Waals surface area contributed by atoms with Crippen LogP contribution in [0.2, 0.25) is 0 Å². The predicted octanol–water partition coefficient (Wildman–Crippen LogP) is 5.70. The van der Waals surface area contributed by atoms with E-state index in [9.17, 15) is 5.11 Å². The number of aliphatic hydroxyl groups is 1. The summed E-state index contributed by atoms with van der Waals surface area (Å²) in [6.07, 6.45) is 3.55. The first-order chi connectivity index (χ1) is 16.7. The van der Waals surface area contributed by atoms with E-state index in [4.69, 9.17) is 9.72 Å². The fourth-order valence-electron chi connectivity index (χ4n) is 3.99. The highest BCUT2D eigenvalue weighted by molar-refractivity contribution is 5.59. The molecule has 35 heavy (non-hydrogen) atoms. The second-order valence-electron chi connectivity index (χ2n) is 9.79. The summed E-state index contributed by atoms with van der Waals surface area (Å²) in [6, 6.07) is 21.9. The van der Waals surface area contributed by atoms with Crippen molar-refractivity contribution < 1.29 is 9.84 Å². The standard InChI is InChI=1S/C29H32N4O2/c1-20(2)29(5,27-15-13-24(18-31-27)35-19-23-8-6-7-17-30-23)22-11-9-21(10-12-22)25-14-16-26(33-32-25)28(3,4)34/h6-18,20,34H,19H2,1-5H3/t29-/m0/s1. The molecule has 0 aliphatic heterocycles. The molecule has 0 saturated carbocycles. The van der Waals surface area contributed by atoms with Crippen LogP contribution in [0.15, 0.2) is 79.1 Å². The van der Waals surface area contributed by atoms with E-state index in [2.05, 4.69) is 60.2 Å². The molecule has 0 aliphatic carbocycles. The van der Waals surface area contributed by atoms with Crippen LogP contribution in [0.1, 0.15) is 57.3 Å². The molecule has 1 atom stereocenters. The fourth-order valence-corrected chi connectivity index (χ4v) is 3.99. The second kappa shape index (κ2) is 9.92. The van der Waals surface area contributed by atoms with E-state index in [-0.39, 0.29) is 5.41 Å². The zero-order chi connectivity index (χ0) is 25.1. The third kappa shape index (κ3) is 5.38. The zero-order valence-corrected chi connectivity index (χ0v) is 20.9. The Labute approximate surface area is 207 Å². The SMILES string of the molecule is CC(C)[C@@](C)(c1ccc(-c2ccc(C(C)(C)O)nn2)cc1)c1ccc(OCc2ccccn2)cn1. The van der Waals surface area contributed by atoms with E-state index < -0.39 is 5.60 Å². The largest absolute Gasteiger partial charge is 0.486 e. The first-order valence-corrected chi connectivity index (χ1v) is 11.8. The molecule has 0 saturated heterocycles. The van der Waals surface area contributed by atoms with Crippen LogP contribution in [0, 0.1) is 5.92 Å². The molecule has 6 nitrogen and oxygen atoms in total. The molecule has 0 unspecified atom stereocenters. The third-order valence-electron chi connectivity index (χ3n) is 6.61. The minimum atomic E-state index is -1.01. The summed E-state index contributed by atoms with van der Waals surface area (Å²) in [5.41, 5.74) is 4.03. The van der Waals surface area contributed by atoms with Crippen molar-refractivity contribution in [3.8, 4) is 17.0 Å². The highest BCUT2D eigenvalue weighted by atomic mass is 16.5. The normalized spacial score (nSPS) is 13.5. The van der Waals surface area contributed by atoms with Gasteiger partial charge >= 0.3 is 0 Å². The van der Waals surface area contributed by atoms with Crippen molar-refractivity contribution in [2.24, 2.45) is 5.92 Å². The molecule has 1 aromatic carbocycles. The summed E-state index contributed by atoms with van der Waals surface area (Å²) in [4.78, 5) is 9.07. The van der Waals surface area contributed by atoms with Gasteiger partial charge in [-0.2, -0.15) is 10.2 Å². The van der Waals surface area contributed by atoms with Crippen LogP contribution in [-0.4, -0.2) is 25.3 Å². The molecular weight excluding hydrogens is 436 g/mol. The van der Waals surface area contributed by atoms with Crippen LogP contribution in [0.3, 0.4) is 0 Å². The van der Waals surface area contributed by atoms with Gasteiger partial charge in [0.2, 0.25) is 0 Å². The number of benzene rings is 1. The summed E-state index contributed by atoms with van der Waals surface area (Å²) in [5, 5.41) is 18.6. The van der Waals surface area contributed by atoms with Crippen molar-refractivity contribution in [2.75, 3.05) is 0 Å². The predicted molar refractivity (Wildman–Crippen MR) is 137 cm³/mol. The molecule has 0 spiro atoms. The number of hydrogen-bond acceptors (Lipinski definition) is 6.